The lowest BCUT2D eigenvalue weighted by Crippen LogP contribution is -2.47. The Morgan fingerprint density at radius 3 is 2.25 bits per heavy atom. The van der Waals surface area contributed by atoms with Gasteiger partial charge in [-0.05, 0) is 36.8 Å². The Kier molecular flexibility index (Phi) is 6.19. The van der Waals surface area contributed by atoms with Crippen molar-refractivity contribution < 1.29 is 19.1 Å². The van der Waals surface area contributed by atoms with Crippen molar-refractivity contribution in [1.29, 1.82) is 0 Å². The molecule has 0 unspecified atom stereocenters. The summed E-state index contributed by atoms with van der Waals surface area (Å²) in [6.45, 7) is 1.61. The lowest BCUT2D eigenvalue weighted by atomic mass is 10.1. The fourth-order valence-corrected chi connectivity index (χ4v) is 1.96. The van der Waals surface area contributed by atoms with Crippen LogP contribution in [0.25, 0.3) is 0 Å². The smallest absolute Gasteiger partial charge is 0.279 e. The minimum atomic E-state index is -0.728. The number of carbonyl (C=O) groups excluding carboxylic acids is 2. The molecule has 0 heterocycles. The number of ether oxygens (including phenoxy) is 2. The minimum Gasteiger partial charge on any atom is -0.497 e. The number of methoxy groups -OCH3 is 1. The van der Waals surface area contributed by atoms with Crippen molar-refractivity contribution in [2.24, 2.45) is 0 Å². The van der Waals surface area contributed by atoms with Crippen LogP contribution in [0.5, 0.6) is 11.5 Å². The van der Waals surface area contributed by atoms with Gasteiger partial charge in [0.15, 0.2) is 6.10 Å². The van der Waals surface area contributed by atoms with Crippen LogP contribution in [-0.4, -0.2) is 25.0 Å². The van der Waals surface area contributed by atoms with Crippen LogP contribution in [0, 0.1) is 0 Å². The third kappa shape index (κ3) is 5.31. The van der Waals surface area contributed by atoms with Crippen molar-refractivity contribution in [1.82, 2.24) is 10.9 Å². The summed E-state index contributed by atoms with van der Waals surface area (Å²) < 4.78 is 10.5. The van der Waals surface area contributed by atoms with Crippen LogP contribution in [0.3, 0.4) is 0 Å². The summed E-state index contributed by atoms with van der Waals surface area (Å²) in [4.78, 5) is 23.8. The summed E-state index contributed by atoms with van der Waals surface area (Å²) in [5.74, 6) is 0.561. The molecule has 0 radical (unpaired) electrons. The third-order valence-electron chi connectivity index (χ3n) is 3.27. The van der Waals surface area contributed by atoms with Gasteiger partial charge < -0.3 is 9.47 Å². The van der Waals surface area contributed by atoms with E-state index in [-0.39, 0.29) is 12.3 Å². The van der Waals surface area contributed by atoms with E-state index in [0.717, 1.165) is 11.3 Å². The third-order valence-corrected chi connectivity index (χ3v) is 3.27. The monoisotopic (exact) mass is 328 g/mol. The maximum atomic E-state index is 11.9. The average molecular weight is 328 g/mol. The number of benzene rings is 2. The second-order valence-corrected chi connectivity index (χ2v) is 5.14. The van der Waals surface area contributed by atoms with Crippen molar-refractivity contribution in [3.8, 4) is 11.5 Å². The quantitative estimate of drug-likeness (QED) is 0.794. The highest BCUT2D eigenvalue weighted by atomic mass is 16.5. The molecule has 6 heteroatoms. The van der Waals surface area contributed by atoms with Crippen LogP contribution in [0.2, 0.25) is 0 Å². The van der Waals surface area contributed by atoms with Crippen LogP contribution in [0.15, 0.2) is 54.6 Å². The zero-order valence-corrected chi connectivity index (χ0v) is 13.6. The number of carbonyl (C=O) groups is 2. The molecule has 2 N–H and O–H groups in total. The molecule has 0 aliphatic carbocycles. The van der Waals surface area contributed by atoms with E-state index in [9.17, 15) is 9.59 Å². The van der Waals surface area contributed by atoms with E-state index in [1.165, 1.54) is 0 Å². The number of amides is 2. The number of nitrogens with one attached hydrogen (secondary N) is 2. The Balaban J connectivity index is 1.76. The minimum absolute atomic E-state index is 0.151. The van der Waals surface area contributed by atoms with Gasteiger partial charge >= 0.3 is 0 Å². The lowest BCUT2D eigenvalue weighted by molar-refractivity contribution is -0.132. The topological polar surface area (TPSA) is 76.7 Å². The van der Waals surface area contributed by atoms with Gasteiger partial charge in [0.05, 0.1) is 13.5 Å². The Morgan fingerprint density at radius 1 is 0.958 bits per heavy atom. The second-order valence-electron chi connectivity index (χ2n) is 5.14. The first-order valence-electron chi connectivity index (χ1n) is 7.52. The number of hydrazine groups is 1. The Hall–Kier alpha value is -3.02. The molecule has 0 saturated carbocycles. The van der Waals surface area contributed by atoms with Crippen LogP contribution >= 0.6 is 0 Å². The van der Waals surface area contributed by atoms with Crippen molar-refractivity contribution in [3.63, 3.8) is 0 Å². The summed E-state index contributed by atoms with van der Waals surface area (Å²) in [6, 6.07) is 16.1. The highest BCUT2D eigenvalue weighted by Crippen LogP contribution is 2.12. The van der Waals surface area contributed by atoms with Crippen molar-refractivity contribution in [3.05, 3.63) is 60.2 Å². The molecule has 2 aromatic rings. The molecule has 2 aromatic carbocycles. The largest absolute Gasteiger partial charge is 0.497 e. The van der Waals surface area contributed by atoms with Gasteiger partial charge in [-0.3, -0.25) is 20.4 Å². The Labute approximate surface area is 140 Å². The van der Waals surface area contributed by atoms with E-state index in [2.05, 4.69) is 10.9 Å². The average Bonchev–Trinajstić information content (AvgIpc) is 2.61. The number of hydrogen-bond acceptors (Lipinski definition) is 4. The SMILES string of the molecule is COc1ccc(CC(=O)NNC(=O)[C@H](C)Oc2ccccc2)cc1. The summed E-state index contributed by atoms with van der Waals surface area (Å²) >= 11 is 0. The van der Waals surface area contributed by atoms with Gasteiger partial charge in [-0.25, -0.2) is 0 Å². The number of hydrogen-bond donors (Lipinski definition) is 2. The van der Waals surface area contributed by atoms with Crippen molar-refractivity contribution in [2.45, 2.75) is 19.4 Å². The summed E-state index contributed by atoms with van der Waals surface area (Å²) in [5, 5.41) is 0. The van der Waals surface area contributed by atoms with Gasteiger partial charge in [0.2, 0.25) is 5.91 Å². The van der Waals surface area contributed by atoms with Gasteiger partial charge in [0.25, 0.3) is 5.91 Å². The zero-order valence-electron chi connectivity index (χ0n) is 13.6. The molecule has 0 spiro atoms. The summed E-state index contributed by atoms with van der Waals surface area (Å²) in [7, 11) is 1.58. The molecule has 1 atom stereocenters. The summed E-state index contributed by atoms with van der Waals surface area (Å²) in [6.07, 6.45) is -0.577. The molecule has 0 aromatic heterocycles. The highest BCUT2D eigenvalue weighted by molar-refractivity contribution is 5.85. The highest BCUT2D eigenvalue weighted by Gasteiger charge is 2.15. The van der Waals surface area contributed by atoms with Gasteiger partial charge in [-0.15, -0.1) is 0 Å². The normalized spacial score (nSPS) is 11.2. The molecule has 0 aliphatic heterocycles. The molecular formula is C18H20N2O4. The van der Waals surface area contributed by atoms with Crippen LogP contribution < -0.4 is 20.3 Å². The Morgan fingerprint density at radius 2 is 1.62 bits per heavy atom. The molecule has 2 amide bonds. The predicted octanol–water partition coefficient (Wildman–Crippen LogP) is 1.85. The van der Waals surface area contributed by atoms with Crippen molar-refractivity contribution in [2.75, 3.05) is 7.11 Å². The molecule has 0 fully saturated rings. The van der Waals surface area contributed by atoms with Gasteiger partial charge in [0, 0.05) is 0 Å². The molecule has 2 rings (SSSR count). The van der Waals surface area contributed by atoms with Gasteiger partial charge in [-0.2, -0.15) is 0 Å². The Bertz CT molecular complexity index is 671. The standard InChI is InChI=1S/C18H20N2O4/c1-13(24-16-6-4-3-5-7-16)18(22)20-19-17(21)12-14-8-10-15(23-2)11-9-14/h3-11,13H,12H2,1-2H3,(H,19,21)(H,20,22)/t13-/m0/s1. The molecule has 24 heavy (non-hydrogen) atoms. The molecular weight excluding hydrogens is 308 g/mol. The van der Waals surface area contributed by atoms with E-state index >= 15 is 0 Å². The lowest BCUT2D eigenvalue weighted by Gasteiger charge is -2.15. The maximum Gasteiger partial charge on any atom is 0.279 e. The maximum absolute atomic E-state index is 11.9. The molecule has 6 nitrogen and oxygen atoms in total. The van der Waals surface area contributed by atoms with Gasteiger partial charge in [0.1, 0.15) is 11.5 Å². The van der Waals surface area contributed by atoms with Crippen LogP contribution in [0.1, 0.15) is 12.5 Å². The second kappa shape index (κ2) is 8.57. The molecule has 0 saturated heterocycles. The number of para-hydroxylation sites is 1. The van der Waals surface area contributed by atoms with E-state index in [1.807, 2.05) is 18.2 Å². The van der Waals surface area contributed by atoms with E-state index in [0.29, 0.717) is 5.75 Å². The fourth-order valence-electron chi connectivity index (χ4n) is 1.96. The molecule has 0 bridgehead atoms. The first-order valence-corrected chi connectivity index (χ1v) is 7.52. The van der Waals surface area contributed by atoms with E-state index in [1.54, 1.807) is 50.4 Å². The summed E-state index contributed by atoms with van der Waals surface area (Å²) in [5.41, 5.74) is 5.55. The first-order chi connectivity index (χ1) is 11.6. The zero-order chi connectivity index (χ0) is 17.4. The van der Waals surface area contributed by atoms with E-state index < -0.39 is 12.0 Å². The predicted molar refractivity (Wildman–Crippen MR) is 89.5 cm³/mol. The fraction of sp³-hybridized carbons (Fsp3) is 0.222. The van der Waals surface area contributed by atoms with E-state index in [4.69, 9.17) is 9.47 Å². The van der Waals surface area contributed by atoms with Crippen molar-refractivity contribution >= 4 is 11.8 Å². The molecule has 126 valence electrons. The van der Waals surface area contributed by atoms with Gasteiger partial charge in [-0.1, -0.05) is 30.3 Å². The number of rotatable bonds is 6. The first kappa shape index (κ1) is 17.3. The van der Waals surface area contributed by atoms with Crippen LogP contribution in [0.4, 0.5) is 0 Å². The van der Waals surface area contributed by atoms with Crippen LogP contribution in [-0.2, 0) is 16.0 Å². The molecule has 0 aliphatic rings.